The maximum Gasteiger partial charge on any atom is 0.338 e. The van der Waals surface area contributed by atoms with Crippen molar-refractivity contribution in [2.24, 2.45) is 23.7 Å². The molecule has 2 saturated carbocycles. The number of allylic oxidation sites excluding steroid dienone is 8. The monoisotopic (exact) mass is 480 g/mol. The minimum atomic E-state index is -1.28. The molecule has 3 nitrogen and oxygen atoms in total. The van der Waals surface area contributed by atoms with Gasteiger partial charge in [-0.15, -0.1) is 0 Å². The van der Waals surface area contributed by atoms with Crippen molar-refractivity contribution in [3.05, 3.63) is 58.2 Å². The Bertz CT molecular complexity index is 962. The van der Waals surface area contributed by atoms with E-state index < -0.39 is 14.4 Å². The lowest BCUT2D eigenvalue weighted by molar-refractivity contribution is -0.186. The van der Waals surface area contributed by atoms with Crippen LogP contribution in [0, 0.1) is 23.7 Å². The van der Waals surface area contributed by atoms with Crippen molar-refractivity contribution in [1.29, 1.82) is 0 Å². The second-order valence-electron chi connectivity index (χ2n) is 11.8. The fourth-order valence-corrected chi connectivity index (χ4v) is 8.65. The van der Waals surface area contributed by atoms with E-state index in [0.29, 0.717) is 11.8 Å². The standard InChI is InChI=1S/C30H41O3P/c1-20(2)24-16-15-21(3)19-28(24)31-34-32-30(33-34)18-17-23-10-5-7-13-26(23)29(30)27-14-8-11-22-9-4-6-12-25(22)27/h8,11-12,14,17,20-21,24,27-28H,4-7,9-10,13,15-16,18-19H2,1-3H3/t21-,24?,27?,28-,30?,34?/m1/s1. The molecule has 0 aromatic carbocycles. The summed E-state index contributed by atoms with van der Waals surface area (Å²) in [5.74, 6) is 1.63. The summed E-state index contributed by atoms with van der Waals surface area (Å²) >= 11 is 0. The van der Waals surface area contributed by atoms with Gasteiger partial charge in [0.15, 0.2) is 0 Å². The van der Waals surface area contributed by atoms with Gasteiger partial charge in [0.2, 0.25) is 5.79 Å². The van der Waals surface area contributed by atoms with Gasteiger partial charge in [0.05, 0.1) is 6.10 Å². The summed E-state index contributed by atoms with van der Waals surface area (Å²) in [7, 11) is -1.28. The molecule has 0 aromatic rings. The molecule has 4 atom stereocenters. The molecule has 1 aliphatic heterocycles. The van der Waals surface area contributed by atoms with E-state index in [0.717, 1.165) is 25.2 Å². The molecule has 0 amide bonds. The summed E-state index contributed by atoms with van der Waals surface area (Å²) in [5.41, 5.74) is 7.51. The Kier molecular flexibility index (Phi) is 6.52. The first kappa shape index (κ1) is 23.4. The van der Waals surface area contributed by atoms with Crippen LogP contribution in [-0.4, -0.2) is 11.9 Å². The number of hydrogen-bond acceptors (Lipinski definition) is 3. The molecule has 2 unspecified atom stereocenters. The molecule has 5 aliphatic carbocycles. The van der Waals surface area contributed by atoms with Gasteiger partial charge in [0, 0.05) is 17.9 Å². The van der Waals surface area contributed by atoms with Gasteiger partial charge < -0.3 is 4.52 Å². The molecule has 0 radical (unpaired) electrons. The Morgan fingerprint density at radius 2 is 1.85 bits per heavy atom. The summed E-state index contributed by atoms with van der Waals surface area (Å²) in [6.07, 6.45) is 25.3. The molecule has 3 fully saturated rings. The van der Waals surface area contributed by atoms with Crippen molar-refractivity contribution in [2.45, 2.75) is 103 Å². The number of fused-ring (bicyclic) bond motifs is 2. The van der Waals surface area contributed by atoms with Gasteiger partial charge in [-0.1, -0.05) is 57.6 Å². The zero-order chi connectivity index (χ0) is 23.3. The number of rotatable bonds is 4. The van der Waals surface area contributed by atoms with Gasteiger partial charge in [-0.25, -0.2) is 0 Å². The highest BCUT2D eigenvalue weighted by Crippen LogP contribution is 2.67. The first-order valence-electron chi connectivity index (χ1n) is 13.9. The van der Waals surface area contributed by atoms with Crippen LogP contribution in [0.15, 0.2) is 58.2 Å². The Labute approximate surface area is 207 Å². The summed E-state index contributed by atoms with van der Waals surface area (Å²) in [4.78, 5) is 0. The van der Waals surface area contributed by atoms with E-state index in [9.17, 15) is 0 Å². The van der Waals surface area contributed by atoms with Crippen LogP contribution in [-0.2, 0) is 13.6 Å². The van der Waals surface area contributed by atoms with Gasteiger partial charge >= 0.3 is 8.60 Å². The second kappa shape index (κ2) is 9.47. The Balaban J connectivity index is 1.27. The third-order valence-corrected chi connectivity index (χ3v) is 10.5. The van der Waals surface area contributed by atoms with Crippen LogP contribution in [0.4, 0.5) is 0 Å². The van der Waals surface area contributed by atoms with Crippen LogP contribution < -0.4 is 0 Å². The average molecular weight is 481 g/mol. The first-order chi connectivity index (χ1) is 16.5. The molecule has 0 N–H and O–H groups in total. The Morgan fingerprint density at radius 1 is 1.03 bits per heavy atom. The summed E-state index contributed by atoms with van der Waals surface area (Å²) in [6.45, 7) is 7.04. The quantitative estimate of drug-likeness (QED) is 0.376. The van der Waals surface area contributed by atoms with Gasteiger partial charge in [-0.3, -0.25) is 9.05 Å². The molecule has 0 aromatic heterocycles. The Morgan fingerprint density at radius 3 is 2.71 bits per heavy atom. The molecule has 6 aliphatic rings. The zero-order valence-corrected chi connectivity index (χ0v) is 22.1. The third kappa shape index (κ3) is 4.15. The molecular formula is C30H41O3P. The lowest BCUT2D eigenvalue weighted by atomic mass is 9.69. The van der Waals surface area contributed by atoms with Crippen LogP contribution in [0.2, 0.25) is 0 Å². The maximum absolute atomic E-state index is 6.77. The van der Waals surface area contributed by atoms with Crippen molar-refractivity contribution in [3.8, 4) is 0 Å². The zero-order valence-electron chi connectivity index (χ0n) is 21.2. The van der Waals surface area contributed by atoms with Crippen molar-refractivity contribution in [2.75, 3.05) is 0 Å². The van der Waals surface area contributed by atoms with Crippen molar-refractivity contribution in [3.63, 3.8) is 0 Å². The predicted molar refractivity (Wildman–Crippen MR) is 139 cm³/mol. The van der Waals surface area contributed by atoms with Crippen LogP contribution >= 0.6 is 8.60 Å². The summed E-state index contributed by atoms with van der Waals surface area (Å²) < 4.78 is 20.1. The van der Waals surface area contributed by atoms with Crippen molar-refractivity contribution in [1.82, 2.24) is 0 Å². The highest BCUT2D eigenvalue weighted by molar-refractivity contribution is 7.43. The maximum atomic E-state index is 6.77. The van der Waals surface area contributed by atoms with Crippen LogP contribution in [0.1, 0.15) is 91.4 Å². The molecule has 184 valence electrons. The van der Waals surface area contributed by atoms with Crippen LogP contribution in [0.3, 0.4) is 0 Å². The Hall–Kier alpha value is -0.990. The highest BCUT2D eigenvalue weighted by atomic mass is 31.2. The molecule has 6 rings (SSSR count). The van der Waals surface area contributed by atoms with E-state index >= 15 is 0 Å². The molecule has 34 heavy (non-hydrogen) atoms. The summed E-state index contributed by atoms with van der Waals surface area (Å²) in [5, 5.41) is 0. The molecule has 1 saturated heterocycles. The topological polar surface area (TPSA) is 27.7 Å². The third-order valence-electron chi connectivity index (χ3n) is 9.12. The molecular weight excluding hydrogens is 439 g/mol. The smallest absolute Gasteiger partial charge is 0.308 e. The van der Waals surface area contributed by atoms with E-state index in [4.69, 9.17) is 13.6 Å². The predicted octanol–water partition coefficient (Wildman–Crippen LogP) is 8.86. The van der Waals surface area contributed by atoms with E-state index in [1.165, 1.54) is 73.7 Å². The minimum Gasteiger partial charge on any atom is -0.308 e. The lowest BCUT2D eigenvalue weighted by Crippen LogP contribution is -2.49. The highest BCUT2D eigenvalue weighted by Gasteiger charge is 2.57. The fraction of sp³-hybridized carbons (Fsp3) is 0.667. The fourth-order valence-electron chi connectivity index (χ4n) is 7.26. The molecule has 1 spiro atoms. The largest absolute Gasteiger partial charge is 0.338 e. The normalized spacial score (nSPS) is 39.8. The van der Waals surface area contributed by atoms with Crippen LogP contribution in [0.5, 0.6) is 0 Å². The molecule has 4 heteroatoms. The van der Waals surface area contributed by atoms with E-state index in [-0.39, 0.29) is 12.0 Å². The van der Waals surface area contributed by atoms with Crippen molar-refractivity contribution >= 4 is 8.60 Å². The summed E-state index contributed by atoms with van der Waals surface area (Å²) in [6, 6.07) is 0. The average Bonchev–Trinajstić information content (AvgIpc) is 2.82. The first-order valence-corrected chi connectivity index (χ1v) is 15.0. The van der Waals surface area contributed by atoms with E-state index in [1.54, 1.807) is 5.57 Å². The number of hydrogen-bond donors (Lipinski definition) is 0. The second-order valence-corrected chi connectivity index (χ2v) is 12.8. The van der Waals surface area contributed by atoms with E-state index in [2.05, 4.69) is 51.2 Å². The SMILES string of the molecule is CC(C)C1CC[C@@H](C)C[C@H]1OP1OC2(CC=C3CCCCC3=C2C2C=CC=C3CCCC=C32)O1. The van der Waals surface area contributed by atoms with Gasteiger partial charge in [0.25, 0.3) is 0 Å². The lowest BCUT2D eigenvalue weighted by Gasteiger charge is -2.52. The van der Waals surface area contributed by atoms with Crippen molar-refractivity contribution < 1.29 is 13.6 Å². The molecule has 1 heterocycles. The van der Waals surface area contributed by atoms with Gasteiger partial charge in [0.1, 0.15) is 0 Å². The van der Waals surface area contributed by atoms with Crippen LogP contribution in [0.25, 0.3) is 0 Å². The minimum absolute atomic E-state index is 0.262. The van der Waals surface area contributed by atoms with Gasteiger partial charge in [-0.05, 0) is 97.8 Å². The van der Waals surface area contributed by atoms with Gasteiger partial charge in [-0.2, -0.15) is 0 Å². The van der Waals surface area contributed by atoms with E-state index in [1.807, 2.05) is 0 Å². The molecule has 0 bridgehead atoms.